The summed E-state index contributed by atoms with van der Waals surface area (Å²) in [6.07, 6.45) is 3.12. The maximum Gasteiger partial charge on any atom is 0.304 e. The van der Waals surface area contributed by atoms with Crippen LogP contribution in [0.5, 0.6) is 0 Å². The van der Waals surface area contributed by atoms with Gasteiger partial charge in [-0.3, -0.25) is 10.1 Å². The Labute approximate surface area is 110 Å². The first-order chi connectivity index (χ1) is 9.10. The van der Waals surface area contributed by atoms with Gasteiger partial charge in [-0.15, -0.1) is 0 Å². The molecule has 1 N–H and O–H groups in total. The van der Waals surface area contributed by atoms with Crippen molar-refractivity contribution in [3.63, 3.8) is 0 Å². The van der Waals surface area contributed by atoms with Crippen LogP contribution in [-0.2, 0) is 6.42 Å². The van der Waals surface area contributed by atoms with Gasteiger partial charge >= 0.3 is 5.69 Å². The van der Waals surface area contributed by atoms with E-state index >= 15 is 0 Å². The monoisotopic (exact) mass is 259 g/mol. The summed E-state index contributed by atoms with van der Waals surface area (Å²) in [4.78, 5) is 10.4. The van der Waals surface area contributed by atoms with Crippen molar-refractivity contribution < 1.29 is 9.65 Å². The van der Waals surface area contributed by atoms with E-state index in [1.807, 2.05) is 25.1 Å². The zero-order valence-electron chi connectivity index (χ0n) is 10.4. The number of aromatic nitrogens is 1. The average molecular weight is 259 g/mol. The van der Waals surface area contributed by atoms with Crippen LogP contribution < -0.4 is 10.0 Å². The topological polar surface area (TPSA) is 82.1 Å². The Morgan fingerprint density at radius 2 is 2.16 bits per heavy atom. The third-order valence-corrected chi connectivity index (χ3v) is 2.72. The number of nitrogens with zero attached hydrogens (tertiary/aromatic N) is 2. The zero-order chi connectivity index (χ0) is 13.8. The van der Waals surface area contributed by atoms with Crippen LogP contribution in [0, 0.1) is 15.3 Å². The van der Waals surface area contributed by atoms with Gasteiger partial charge in [-0.2, -0.15) is 4.73 Å². The largest absolute Gasteiger partial charge is 0.619 e. The van der Waals surface area contributed by atoms with Crippen LogP contribution in [0.15, 0.2) is 42.7 Å². The Balaban J connectivity index is 2.36. The van der Waals surface area contributed by atoms with Crippen molar-refractivity contribution in [3.8, 4) is 0 Å². The van der Waals surface area contributed by atoms with Gasteiger partial charge in [-0.05, 0) is 24.1 Å². The van der Waals surface area contributed by atoms with Gasteiger partial charge in [0.05, 0.1) is 11.0 Å². The third-order valence-electron chi connectivity index (χ3n) is 2.72. The van der Waals surface area contributed by atoms with Gasteiger partial charge < -0.3 is 10.5 Å². The molecule has 0 unspecified atom stereocenters. The van der Waals surface area contributed by atoms with E-state index in [0.717, 1.165) is 24.4 Å². The average Bonchev–Trinajstić information content (AvgIpc) is 2.38. The Morgan fingerprint density at radius 3 is 2.84 bits per heavy atom. The maximum atomic E-state index is 11.2. The first kappa shape index (κ1) is 12.8. The molecule has 2 rings (SSSR count). The zero-order valence-corrected chi connectivity index (χ0v) is 10.4. The van der Waals surface area contributed by atoms with E-state index < -0.39 is 4.92 Å². The molecule has 0 radical (unpaired) electrons. The highest BCUT2D eigenvalue weighted by Crippen LogP contribution is 2.25. The molecule has 6 nitrogen and oxygen atoms in total. The van der Waals surface area contributed by atoms with Gasteiger partial charge in [-0.1, -0.05) is 19.1 Å². The van der Waals surface area contributed by atoms with Crippen molar-refractivity contribution >= 4 is 17.1 Å². The number of rotatable bonds is 4. The molecule has 2 aromatic rings. The molecule has 0 atom stereocenters. The van der Waals surface area contributed by atoms with Crippen LogP contribution in [0.1, 0.15) is 12.5 Å². The summed E-state index contributed by atoms with van der Waals surface area (Å²) in [6, 6.07) is 8.70. The van der Waals surface area contributed by atoms with Gasteiger partial charge in [0, 0.05) is 5.69 Å². The van der Waals surface area contributed by atoms with Crippen LogP contribution in [0.4, 0.5) is 17.1 Å². The molecule has 0 fully saturated rings. The van der Waals surface area contributed by atoms with Gasteiger partial charge in [0.1, 0.15) is 0 Å². The summed E-state index contributed by atoms with van der Waals surface area (Å²) in [5.41, 5.74) is 1.87. The summed E-state index contributed by atoms with van der Waals surface area (Å²) in [5.74, 6) is 0. The predicted octanol–water partition coefficient (Wildman–Crippen LogP) is 2.53. The van der Waals surface area contributed by atoms with Crippen molar-refractivity contribution in [2.45, 2.75) is 13.3 Å². The van der Waals surface area contributed by atoms with E-state index in [-0.39, 0.29) is 11.4 Å². The SMILES string of the molecule is CCc1cccc(Nc2c[n+]([O-])ccc2[N+](=O)[O-])c1. The molecule has 0 aliphatic carbocycles. The first-order valence-corrected chi connectivity index (χ1v) is 5.83. The molecule has 0 saturated heterocycles. The van der Waals surface area contributed by atoms with Gasteiger partial charge in [0.25, 0.3) is 0 Å². The third kappa shape index (κ3) is 2.98. The number of nitrogens with one attached hydrogen (secondary N) is 1. The second-order valence-corrected chi connectivity index (χ2v) is 4.04. The van der Waals surface area contributed by atoms with Crippen molar-refractivity contribution in [1.82, 2.24) is 0 Å². The lowest BCUT2D eigenvalue weighted by Gasteiger charge is -2.07. The minimum absolute atomic E-state index is 0.131. The molecule has 0 bridgehead atoms. The minimum Gasteiger partial charge on any atom is -0.619 e. The summed E-state index contributed by atoms with van der Waals surface area (Å²) in [6.45, 7) is 2.02. The Morgan fingerprint density at radius 1 is 1.37 bits per heavy atom. The Hall–Kier alpha value is -2.63. The highest BCUT2D eigenvalue weighted by Gasteiger charge is 2.17. The fourth-order valence-corrected chi connectivity index (χ4v) is 1.75. The summed E-state index contributed by atoms with van der Waals surface area (Å²) in [5, 5.41) is 25.0. The highest BCUT2D eigenvalue weighted by atomic mass is 16.6. The normalized spacial score (nSPS) is 10.2. The lowest BCUT2D eigenvalue weighted by Crippen LogP contribution is -2.25. The second kappa shape index (κ2) is 5.34. The number of hydrogen-bond donors (Lipinski definition) is 1. The van der Waals surface area contributed by atoms with Crippen molar-refractivity contribution in [2.24, 2.45) is 0 Å². The van der Waals surface area contributed by atoms with Crippen molar-refractivity contribution in [2.75, 3.05) is 5.32 Å². The summed E-state index contributed by atoms with van der Waals surface area (Å²) >= 11 is 0. The van der Waals surface area contributed by atoms with Gasteiger partial charge in [0.2, 0.25) is 6.20 Å². The maximum absolute atomic E-state index is 11.2. The van der Waals surface area contributed by atoms with E-state index in [1.165, 1.54) is 6.07 Å². The minimum atomic E-state index is -0.522. The number of aryl methyl sites for hydroxylation is 1. The lowest BCUT2D eigenvalue weighted by atomic mass is 10.1. The number of nitro groups is 1. The molecule has 0 aliphatic rings. The van der Waals surface area contributed by atoms with Crippen LogP contribution >= 0.6 is 0 Å². The van der Waals surface area contributed by atoms with Gasteiger partial charge in [0.15, 0.2) is 11.9 Å². The molecule has 1 aromatic carbocycles. The van der Waals surface area contributed by atoms with Crippen LogP contribution in [0.25, 0.3) is 0 Å². The van der Waals surface area contributed by atoms with Crippen molar-refractivity contribution in [3.05, 3.63) is 63.6 Å². The first-order valence-electron chi connectivity index (χ1n) is 5.83. The van der Waals surface area contributed by atoms with E-state index in [1.54, 1.807) is 6.07 Å². The molecule has 0 aliphatic heterocycles. The van der Waals surface area contributed by atoms with E-state index in [9.17, 15) is 15.3 Å². The fourth-order valence-electron chi connectivity index (χ4n) is 1.75. The second-order valence-electron chi connectivity index (χ2n) is 4.04. The molecule has 1 aromatic heterocycles. The van der Waals surface area contributed by atoms with Crippen molar-refractivity contribution in [1.29, 1.82) is 0 Å². The van der Waals surface area contributed by atoms with Crippen LogP contribution in [0.2, 0.25) is 0 Å². The molecule has 0 amide bonds. The van der Waals surface area contributed by atoms with Crippen LogP contribution in [-0.4, -0.2) is 4.92 Å². The number of hydrogen-bond acceptors (Lipinski definition) is 4. The molecule has 1 heterocycles. The number of benzene rings is 1. The van der Waals surface area contributed by atoms with E-state index in [0.29, 0.717) is 10.4 Å². The molecule has 0 spiro atoms. The number of pyridine rings is 1. The van der Waals surface area contributed by atoms with E-state index in [2.05, 4.69) is 5.32 Å². The molecular weight excluding hydrogens is 246 g/mol. The summed E-state index contributed by atoms with van der Waals surface area (Å²) < 4.78 is 0.527. The molecule has 6 heteroatoms. The Bertz CT molecular complexity index is 614. The predicted molar refractivity (Wildman–Crippen MR) is 71.2 cm³/mol. The highest BCUT2D eigenvalue weighted by molar-refractivity contribution is 5.67. The quantitative estimate of drug-likeness (QED) is 0.396. The molecule has 19 heavy (non-hydrogen) atoms. The lowest BCUT2D eigenvalue weighted by molar-refractivity contribution is -0.605. The van der Waals surface area contributed by atoms with E-state index in [4.69, 9.17) is 0 Å². The smallest absolute Gasteiger partial charge is 0.304 e. The molecular formula is C13H13N3O3. The van der Waals surface area contributed by atoms with Gasteiger partial charge in [-0.25, -0.2) is 0 Å². The van der Waals surface area contributed by atoms with Crippen LogP contribution in [0.3, 0.4) is 0 Å². The number of anilines is 2. The molecule has 0 saturated carbocycles. The standard InChI is InChI=1S/C13H13N3O3/c1-2-10-4-3-5-11(8-10)14-12-9-15(17)7-6-13(12)16(18)19/h3-9,14H,2H2,1H3. The molecule has 98 valence electrons. The summed E-state index contributed by atoms with van der Waals surface area (Å²) in [7, 11) is 0. The fraction of sp³-hybridized carbons (Fsp3) is 0.154. The Kier molecular flexibility index (Phi) is 3.61.